The lowest BCUT2D eigenvalue weighted by Crippen LogP contribution is -2.37. The number of rotatable bonds is 7. The fourth-order valence-electron chi connectivity index (χ4n) is 1.47. The van der Waals surface area contributed by atoms with Crippen LogP contribution in [0.15, 0.2) is 24.3 Å². The largest absolute Gasteiger partial charge is 0.449 e. The van der Waals surface area contributed by atoms with Crippen molar-refractivity contribution in [2.75, 3.05) is 20.3 Å². The van der Waals surface area contributed by atoms with Gasteiger partial charge in [-0.15, -0.1) is 0 Å². The van der Waals surface area contributed by atoms with Gasteiger partial charge < -0.3 is 14.8 Å². The third-order valence-corrected chi connectivity index (χ3v) is 3.36. The zero-order valence-corrected chi connectivity index (χ0v) is 13.8. The van der Waals surface area contributed by atoms with Crippen LogP contribution in [0, 0.1) is 0 Å². The number of methoxy groups -OCH3 is 1. The molecule has 1 aromatic rings. The Labute approximate surface area is 139 Å². The topological polar surface area (TPSA) is 64.6 Å². The lowest BCUT2D eigenvalue weighted by Gasteiger charge is -2.11. The third-order valence-electron chi connectivity index (χ3n) is 2.62. The van der Waals surface area contributed by atoms with Gasteiger partial charge >= 0.3 is 5.97 Å². The predicted molar refractivity (Wildman–Crippen MR) is 85.9 cm³/mol. The summed E-state index contributed by atoms with van der Waals surface area (Å²) in [5.41, 5.74) is 0.698. The molecule has 22 heavy (non-hydrogen) atoms. The first-order chi connectivity index (χ1) is 10.4. The molecule has 0 aliphatic rings. The first-order valence-electron chi connectivity index (χ1n) is 6.54. The maximum atomic E-state index is 11.6. The average Bonchev–Trinajstić information content (AvgIpc) is 2.48. The van der Waals surface area contributed by atoms with Gasteiger partial charge in [-0.1, -0.05) is 29.3 Å². The molecule has 1 aromatic carbocycles. The van der Waals surface area contributed by atoms with E-state index in [-0.39, 0.29) is 5.91 Å². The highest BCUT2D eigenvalue weighted by molar-refractivity contribution is 6.42. The number of carbonyl (C=O) groups is 2. The van der Waals surface area contributed by atoms with Crippen molar-refractivity contribution in [2.24, 2.45) is 0 Å². The Morgan fingerprint density at radius 2 is 2.05 bits per heavy atom. The zero-order chi connectivity index (χ0) is 16.5. The van der Waals surface area contributed by atoms with Crippen LogP contribution in [0.1, 0.15) is 12.5 Å². The van der Waals surface area contributed by atoms with Crippen LogP contribution in [0.2, 0.25) is 10.0 Å². The van der Waals surface area contributed by atoms with Gasteiger partial charge in [-0.3, -0.25) is 4.79 Å². The molecule has 0 saturated carbocycles. The summed E-state index contributed by atoms with van der Waals surface area (Å²) < 4.78 is 9.79. The molecule has 0 heterocycles. The van der Waals surface area contributed by atoms with Crippen LogP contribution in [0.25, 0.3) is 6.08 Å². The number of halogens is 2. The highest BCUT2D eigenvalue weighted by Gasteiger charge is 2.15. The highest BCUT2D eigenvalue weighted by Crippen LogP contribution is 2.23. The molecule has 5 nitrogen and oxygen atoms in total. The van der Waals surface area contributed by atoms with Crippen molar-refractivity contribution >= 4 is 41.2 Å². The van der Waals surface area contributed by atoms with Gasteiger partial charge in [0.25, 0.3) is 5.91 Å². The number of hydrogen-bond donors (Lipinski definition) is 1. The van der Waals surface area contributed by atoms with E-state index in [0.29, 0.717) is 28.8 Å². The summed E-state index contributed by atoms with van der Waals surface area (Å²) in [6, 6.07) is 4.95. The van der Waals surface area contributed by atoms with Gasteiger partial charge in [0.2, 0.25) is 0 Å². The third kappa shape index (κ3) is 6.47. The molecule has 0 aliphatic carbocycles. The lowest BCUT2D eigenvalue weighted by molar-refractivity contribution is -0.150. The van der Waals surface area contributed by atoms with Crippen molar-refractivity contribution in [1.29, 1.82) is 0 Å². The van der Waals surface area contributed by atoms with E-state index in [4.69, 9.17) is 32.7 Å². The van der Waals surface area contributed by atoms with Crippen LogP contribution in [0.3, 0.4) is 0 Å². The summed E-state index contributed by atoms with van der Waals surface area (Å²) in [5, 5.41) is 3.40. The SMILES string of the molecule is COCCNC(=O)[C@@H](C)OC(=O)/C=C/c1ccc(Cl)c(Cl)c1. The Balaban J connectivity index is 2.49. The molecular formula is C15H17Cl2NO4. The summed E-state index contributed by atoms with van der Waals surface area (Å²) in [6.07, 6.45) is 1.86. The molecule has 0 bridgehead atoms. The summed E-state index contributed by atoms with van der Waals surface area (Å²) in [4.78, 5) is 23.2. The van der Waals surface area contributed by atoms with Gasteiger partial charge in [-0.25, -0.2) is 4.79 Å². The van der Waals surface area contributed by atoms with Crippen LogP contribution in [0.4, 0.5) is 0 Å². The van der Waals surface area contributed by atoms with E-state index in [1.54, 1.807) is 18.2 Å². The van der Waals surface area contributed by atoms with E-state index in [0.717, 1.165) is 0 Å². The van der Waals surface area contributed by atoms with Gasteiger partial charge in [-0.05, 0) is 30.7 Å². The van der Waals surface area contributed by atoms with Crippen molar-refractivity contribution in [3.8, 4) is 0 Å². The maximum Gasteiger partial charge on any atom is 0.331 e. The van der Waals surface area contributed by atoms with E-state index in [2.05, 4.69) is 5.32 Å². The minimum atomic E-state index is -0.886. The maximum absolute atomic E-state index is 11.6. The number of ether oxygens (including phenoxy) is 2. The number of amides is 1. The minimum Gasteiger partial charge on any atom is -0.449 e. The summed E-state index contributed by atoms with van der Waals surface area (Å²) in [7, 11) is 1.53. The van der Waals surface area contributed by atoms with Crippen LogP contribution in [0.5, 0.6) is 0 Å². The van der Waals surface area contributed by atoms with Crippen molar-refractivity contribution in [3.63, 3.8) is 0 Å². The first-order valence-corrected chi connectivity index (χ1v) is 7.30. The second-order valence-electron chi connectivity index (χ2n) is 4.37. The van der Waals surface area contributed by atoms with Crippen LogP contribution >= 0.6 is 23.2 Å². The van der Waals surface area contributed by atoms with Crippen molar-refractivity contribution in [3.05, 3.63) is 39.9 Å². The molecule has 0 saturated heterocycles. The lowest BCUT2D eigenvalue weighted by atomic mass is 10.2. The molecule has 7 heteroatoms. The number of carbonyl (C=O) groups excluding carboxylic acids is 2. The molecule has 0 fully saturated rings. The molecule has 0 aromatic heterocycles. The molecule has 120 valence electrons. The van der Waals surface area contributed by atoms with Crippen molar-refractivity contribution in [1.82, 2.24) is 5.32 Å². The van der Waals surface area contributed by atoms with E-state index in [9.17, 15) is 9.59 Å². The molecule has 0 radical (unpaired) electrons. The summed E-state index contributed by atoms with van der Waals surface area (Å²) in [5.74, 6) is -1.01. The van der Waals surface area contributed by atoms with E-state index < -0.39 is 12.1 Å². The van der Waals surface area contributed by atoms with Gasteiger partial charge in [-0.2, -0.15) is 0 Å². The normalized spacial score (nSPS) is 12.2. The Morgan fingerprint density at radius 1 is 1.32 bits per heavy atom. The number of esters is 1. The van der Waals surface area contributed by atoms with Crippen molar-refractivity contribution < 1.29 is 19.1 Å². The zero-order valence-electron chi connectivity index (χ0n) is 12.3. The molecule has 1 rings (SSSR count). The molecule has 0 unspecified atom stereocenters. The molecule has 0 aliphatic heterocycles. The van der Waals surface area contributed by atoms with Gasteiger partial charge in [0.1, 0.15) is 0 Å². The van der Waals surface area contributed by atoms with E-state index in [1.165, 1.54) is 26.2 Å². The molecule has 0 spiro atoms. The molecule has 1 atom stereocenters. The van der Waals surface area contributed by atoms with Gasteiger partial charge in [0.05, 0.1) is 16.7 Å². The average molecular weight is 346 g/mol. The van der Waals surface area contributed by atoms with Crippen LogP contribution < -0.4 is 5.32 Å². The van der Waals surface area contributed by atoms with Crippen LogP contribution in [-0.4, -0.2) is 38.2 Å². The number of benzene rings is 1. The summed E-state index contributed by atoms with van der Waals surface area (Å²) >= 11 is 11.7. The van der Waals surface area contributed by atoms with E-state index in [1.807, 2.05) is 0 Å². The fourth-order valence-corrected chi connectivity index (χ4v) is 1.77. The van der Waals surface area contributed by atoms with Gasteiger partial charge in [0.15, 0.2) is 6.10 Å². The standard InChI is InChI=1S/C15H17Cl2NO4/c1-10(15(20)18-7-8-21-2)22-14(19)6-4-11-3-5-12(16)13(17)9-11/h3-6,9-10H,7-8H2,1-2H3,(H,18,20)/b6-4+/t10-/m1/s1. The predicted octanol–water partition coefficient (Wildman–Crippen LogP) is 2.70. The monoisotopic (exact) mass is 345 g/mol. The smallest absolute Gasteiger partial charge is 0.331 e. The fraction of sp³-hybridized carbons (Fsp3) is 0.333. The van der Waals surface area contributed by atoms with Crippen LogP contribution in [-0.2, 0) is 19.1 Å². The van der Waals surface area contributed by atoms with Crippen molar-refractivity contribution in [2.45, 2.75) is 13.0 Å². The number of hydrogen-bond acceptors (Lipinski definition) is 4. The molecule has 1 N–H and O–H groups in total. The Kier molecular flexibility index (Phi) is 7.95. The van der Waals surface area contributed by atoms with Gasteiger partial charge in [0, 0.05) is 19.7 Å². The Morgan fingerprint density at radius 3 is 2.68 bits per heavy atom. The summed E-state index contributed by atoms with van der Waals surface area (Å²) in [6.45, 7) is 2.24. The molecule has 1 amide bonds. The number of nitrogens with one attached hydrogen (secondary N) is 1. The highest BCUT2D eigenvalue weighted by atomic mass is 35.5. The molecular weight excluding hydrogens is 329 g/mol. The Bertz CT molecular complexity index is 560. The quantitative estimate of drug-likeness (QED) is 0.468. The Hall–Kier alpha value is -1.56. The first kappa shape index (κ1) is 18.5. The second kappa shape index (κ2) is 9.46. The second-order valence-corrected chi connectivity index (χ2v) is 5.18. The van der Waals surface area contributed by atoms with E-state index >= 15 is 0 Å². The minimum absolute atomic E-state index is 0.357.